The molecule has 1 aromatic carbocycles. The summed E-state index contributed by atoms with van der Waals surface area (Å²) in [7, 11) is 0. The first-order valence-corrected chi connectivity index (χ1v) is 4.52. The van der Waals surface area contributed by atoms with Gasteiger partial charge >= 0.3 is 0 Å². The van der Waals surface area contributed by atoms with Crippen LogP contribution in [0.1, 0.15) is 0 Å². The molecule has 1 aromatic heterocycles. The monoisotopic (exact) mass is 163 g/mol. The van der Waals surface area contributed by atoms with Crippen LogP contribution in [0.15, 0.2) is 23.1 Å². The fourth-order valence-corrected chi connectivity index (χ4v) is 1.42. The molecule has 0 atom stereocenters. The smallest absolute Gasteiger partial charge is 0.174 e. The van der Waals surface area contributed by atoms with Gasteiger partial charge in [0.1, 0.15) is 0 Å². The van der Waals surface area contributed by atoms with E-state index in [1.165, 1.54) is 4.90 Å². The Bertz CT molecular complexity index is 367. The fraction of sp³-hybridized carbons (Fsp3) is 0.125. The number of hydrogen-bond acceptors (Lipinski definition) is 2. The second-order valence-electron chi connectivity index (χ2n) is 2.23. The Labute approximate surface area is 69.0 Å². The van der Waals surface area contributed by atoms with E-state index in [0.717, 1.165) is 11.0 Å². The Morgan fingerprint density at radius 3 is 3.27 bits per heavy atom. The first-order valence-electron chi connectivity index (χ1n) is 3.30. The summed E-state index contributed by atoms with van der Waals surface area (Å²) >= 11 is 1.72. The summed E-state index contributed by atoms with van der Waals surface area (Å²) in [6.45, 7) is 0. The van der Waals surface area contributed by atoms with Crippen molar-refractivity contribution in [2.75, 3.05) is 6.26 Å². The zero-order valence-electron chi connectivity index (χ0n) is 6.09. The van der Waals surface area contributed by atoms with Crippen LogP contribution in [-0.2, 0) is 0 Å². The van der Waals surface area contributed by atoms with Gasteiger partial charge in [-0.1, -0.05) is 0 Å². The van der Waals surface area contributed by atoms with Crippen LogP contribution in [0.3, 0.4) is 0 Å². The molecular formula is C8H7N2S. The van der Waals surface area contributed by atoms with Crippen LogP contribution in [0.2, 0.25) is 0 Å². The molecule has 0 fully saturated rings. The number of aromatic nitrogens is 2. The molecule has 0 amide bonds. The van der Waals surface area contributed by atoms with Gasteiger partial charge in [-0.25, -0.2) is 4.98 Å². The molecule has 2 rings (SSSR count). The minimum atomic E-state index is 0.983. The molecule has 2 aromatic rings. The number of nitrogens with one attached hydrogen (secondary N) is 1. The largest absolute Gasteiger partial charge is 0.335 e. The van der Waals surface area contributed by atoms with Gasteiger partial charge in [0.2, 0.25) is 0 Å². The van der Waals surface area contributed by atoms with Crippen molar-refractivity contribution in [2.24, 2.45) is 0 Å². The average Bonchev–Trinajstić information content (AvgIpc) is 2.50. The van der Waals surface area contributed by atoms with Crippen molar-refractivity contribution in [2.45, 2.75) is 4.90 Å². The van der Waals surface area contributed by atoms with Crippen molar-refractivity contribution in [3.63, 3.8) is 0 Å². The van der Waals surface area contributed by atoms with Crippen molar-refractivity contribution in [3.8, 4) is 0 Å². The van der Waals surface area contributed by atoms with Gasteiger partial charge in [0.05, 0.1) is 11.0 Å². The second-order valence-corrected chi connectivity index (χ2v) is 3.11. The molecule has 0 spiro atoms. The van der Waals surface area contributed by atoms with Gasteiger partial charge in [-0.2, -0.15) is 0 Å². The van der Waals surface area contributed by atoms with E-state index in [1.807, 2.05) is 12.1 Å². The molecule has 1 N–H and O–H groups in total. The molecule has 1 heterocycles. The third-order valence-electron chi connectivity index (χ3n) is 1.57. The topological polar surface area (TPSA) is 28.7 Å². The molecular weight excluding hydrogens is 156 g/mol. The van der Waals surface area contributed by atoms with Gasteiger partial charge in [0.25, 0.3) is 0 Å². The maximum absolute atomic E-state index is 4.03. The van der Waals surface area contributed by atoms with E-state index in [0.29, 0.717) is 0 Å². The number of benzene rings is 1. The molecule has 0 bridgehead atoms. The van der Waals surface area contributed by atoms with Gasteiger partial charge in [-0.3, -0.25) is 0 Å². The number of H-pyrrole nitrogens is 1. The van der Waals surface area contributed by atoms with E-state index in [9.17, 15) is 0 Å². The number of fused-ring (bicyclic) bond motifs is 1. The van der Waals surface area contributed by atoms with Gasteiger partial charge in [-0.05, 0) is 24.5 Å². The summed E-state index contributed by atoms with van der Waals surface area (Å²) < 4.78 is 0. The lowest BCUT2D eigenvalue weighted by Crippen LogP contribution is -1.71. The van der Waals surface area contributed by atoms with E-state index in [2.05, 4.69) is 28.6 Å². The minimum Gasteiger partial charge on any atom is -0.335 e. The van der Waals surface area contributed by atoms with Crippen LogP contribution in [0.25, 0.3) is 11.0 Å². The lowest BCUT2D eigenvalue weighted by Gasteiger charge is -1.93. The zero-order valence-corrected chi connectivity index (χ0v) is 6.90. The number of thioether (sulfide) groups is 1. The second kappa shape index (κ2) is 2.58. The predicted octanol–water partition coefficient (Wildman–Crippen LogP) is 2.08. The van der Waals surface area contributed by atoms with E-state index >= 15 is 0 Å². The van der Waals surface area contributed by atoms with Gasteiger partial charge in [0.15, 0.2) is 6.33 Å². The molecule has 0 saturated carbocycles. The summed E-state index contributed by atoms with van der Waals surface area (Å²) in [5, 5.41) is 0. The molecule has 0 aliphatic carbocycles. The number of aromatic amines is 1. The van der Waals surface area contributed by atoms with Gasteiger partial charge < -0.3 is 4.98 Å². The summed E-state index contributed by atoms with van der Waals surface area (Å²) in [5.41, 5.74) is 2.03. The molecule has 0 unspecified atom stereocenters. The number of nitrogens with zero attached hydrogens (tertiary/aromatic N) is 1. The maximum Gasteiger partial charge on any atom is 0.174 e. The highest BCUT2D eigenvalue weighted by Gasteiger charge is 1.95. The van der Waals surface area contributed by atoms with Crippen LogP contribution >= 0.6 is 11.8 Å². The maximum atomic E-state index is 4.03. The lowest BCUT2D eigenvalue weighted by molar-refractivity contribution is 1.32. The van der Waals surface area contributed by atoms with E-state index < -0.39 is 0 Å². The fourth-order valence-electron chi connectivity index (χ4n) is 0.985. The van der Waals surface area contributed by atoms with Crippen LogP contribution in [0, 0.1) is 6.33 Å². The van der Waals surface area contributed by atoms with Crippen molar-refractivity contribution < 1.29 is 0 Å². The van der Waals surface area contributed by atoms with Crippen LogP contribution < -0.4 is 0 Å². The molecule has 0 saturated heterocycles. The Kier molecular flexibility index (Phi) is 1.58. The van der Waals surface area contributed by atoms with Crippen LogP contribution in [0.5, 0.6) is 0 Å². The third kappa shape index (κ3) is 1.12. The van der Waals surface area contributed by atoms with E-state index in [1.54, 1.807) is 11.8 Å². The predicted molar refractivity (Wildman–Crippen MR) is 46.7 cm³/mol. The number of rotatable bonds is 1. The van der Waals surface area contributed by atoms with Crippen molar-refractivity contribution in [1.29, 1.82) is 0 Å². The molecule has 1 radical (unpaired) electrons. The van der Waals surface area contributed by atoms with Gasteiger partial charge in [0, 0.05) is 4.90 Å². The van der Waals surface area contributed by atoms with Crippen LogP contribution in [0.4, 0.5) is 0 Å². The summed E-state index contributed by atoms with van der Waals surface area (Å²) in [6.07, 6.45) is 4.76. The molecule has 11 heavy (non-hydrogen) atoms. The summed E-state index contributed by atoms with van der Waals surface area (Å²) in [5.74, 6) is 0. The number of hydrogen-bond donors (Lipinski definition) is 1. The Balaban J connectivity index is 2.67. The van der Waals surface area contributed by atoms with Crippen molar-refractivity contribution in [3.05, 3.63) is 24.5 Å². The highest BCUT2D eigenvalue weighted by Crippen LogP contribution is 2.18. The Morgan fingerprint density at radius 2 is 2.45 bits per heavy atom. The molecule has 0 aliphatic rings. The molecule has 3 heteroatoms. The molecule has 55 valence electrons. The van der Waals surface area contributed by atoms with Crippen molar-refractivity contribution >= 4 is 22.8 Å². The summed E-state index contributed by atoms with van der Waals surface area (Å²) in [6, 6.07) is 6.14. The average molecular weight is 163 g/mol. The highest BCUT2D eigenvalue weighted by molar-refractivity contribution is 7.98. The highest BCUT2D eigenvalue weighted by atomic mass is 32.2. The van der Waals surface area contributed by atoms with Crippen molar-refractivity contribution in [1.82, 2.24) is 9.97 Å². The molecule has 2 nitrogen and oxygen atoms in total. The number of imidazole rings is 1. The van der Waals surface area contributed by atoms with E-state index in [4.69, 9.17) is 0 Å². The Morgan fingerprint density at radius 1 is 1.55 bits per heavy atom. The molecule has 0 aliphatic heterocycles. The summed E-state index contributed by atoms with van der Waals surface area (Å²) in [4.78, 5) is 8.19. The van der Waals surface area contributed by atoms with Crippen LogP contribution in [-0.4, -0.2) is 16.2 Å². The van der Waals surface area contributed by atoms with E-state index in [-0.39, 0.29) is 0 Å². The standard InChI is InChI=1S/C8H7N2S/c1-11-6-2-3-7-8(4-6)10-5-9-7/h2-4H,1H3,(H,9,10). The quantitative estimate of drug-likeness (QED) is 0.652. The zero-order chi connectivity index (χ0) is 7.68. The third-order valence-corrected chi connectivity index (χ3v) is 2.30. The SMILES string of the molecule is CSc1ccc2[nH][c]nc2c1. The Hall–Kier alpha value is -0.960. The minimum absolute atomic E-state index is 0.983. The lowest BCUT2D eigenvalue weighted by atomic mass is 10.3. The van der Waals surface area contributed by atoms with Gasteiger partial charge in [-0.15, -0.1) is 11.8 Å². The first kappa shape index (κ1) is 6.73. The first-order chi connectivity index (χ1) is 5.40. The normalized spacial score (nSPS) is 10.6.